The molecule has 2 atom stereocenters. The fourth-order valence-corrected chi connectivity index (χ4v) is 3.88. The summed E-state index contributed by atoms with van der Waals surface area (Å²) < 4.78 is 17.3. The molecule has 1 amide bonds. The summed E-state index contributed by atoms with van der Waals surface area (Å²) in [6.45, 7) is 2.57. The maximum Gasteiger partial charge on any atom is 0.289 e. The highest BCUT2D eigenvalue weighted by Crippen LogP contribution is 2.40. The van der Waals surface area contributed by atoms with Gasteiger partial charge in [0, 0.05) is 37.4 Å². The van der Waals surface area contributed by atoms with E-state index in [4.69, 9.17) is 13.9 Å². The van der Waals surface area contributed by atoms with Crippen LogP contribution in [0.5, 0.6) is 5.88 Å². The lowest BCUT2D eigenvalue weighted by Crippen LogP contribution is -2.58. The number of fused-ring (bicyclic) bond motifs is 1. The van der Waals surface area contributed by atoms with Crippen molar-refractivity contribution >= 4 is 5.91 Å². The summed E-state index contributed by atoms with van der Waals surface area (Å²) in [4.78, 5) is 18.8. The smallest absolute Gasteiger partial charge is 0.289 e. The summed E-state index contributed by atoms with van der Waals surface area (Å²) in [7, 11) is 0. The van der Waals surface area contributed by atoms with Crippen molar-refractivity contribution < 1.29 is 18.7 Å². The minimum Gasteiger partial charge on any atom is -0.477 e. The number of ether oxygens (including phenoxy) is 2. The lowest BCUT2D eigenvalue weighted by atomic mass is 9.73. The predicted octanol–water partition coefficient (Wildman–Crippen LogP) is 2.76. The number of likely N-dealkylation sites (tertiary alicyclic amines) is 1. The van der Waals surface area contributed by atoms with Crippen molar-refractivity contribution in [2.75, 3.05) is 26.3 Å². The molecule has 6 nitrogen and oxygen atoms in total. The number of hydrogen-bond donors (Lipinski definition) is 0. The second-order valence-corrected chi connectivity index (χ2v) is 6.77. The Morgan fingerprint density at radius 1 is 1.36 bits per heavy atom. The second-order valence-electron chi connectivity index (χ2n) is 6.77. The highest BCUT2D eigenvalue weighted by Gasteiger charge is 2.48. The molecule has 6 heteroatoms. The van der Waals surface area contributed by atoms with Gasteiger partial charge < -0.3 is 18.8 Å². The van der Waals surface area contributed by atoms with Gasteiger partial charge in [-0.25, -0.2) is 4.98 Å². The molecule has 0 unspecified atom stereocenters. The molecule has 132 valence electrons. The fourth-order valence-electron chi connectivity index (χ4n) is 3.88. The molecule has 0 bridgehead atoms. The van der Waals surface area contributed by atoms with E-state index in [9.17, 15) is 4.79 Å². The molecule has 0 spiro atoms. The molecule has 2 aliphatic rings. The van der Waals surface area contributed by atoms with Crippen molar-refractivity contribution in [3.05, 3.63) is 48.6 Å². The van der Waals surface area contributed by atoms with Gasteiger partial charge in [-0.15, -0.1) is 0 Å². The number of piperidine rings is 1. The van der Waals surface area contributed by atoms with E-state index in [1.807, 2.05) is 23.1 Å². The molecule has 0 N–H and O–H groups in total. The summed E-state index contributed by atoms with van der Waals surface area (Å²) in [6, 6.07) is 9.07. The monoisotopic (exact) mass is 342 g/mol. The van der Waals surface area contributed by atoms with Gasteiger partial charge >= 0.3 is 0 Å². The Balaban J connectivity index is 1.51. The number of amides is 1. The van der Waals surface area contributed by atoms with Gasteiger partial charge in [-0.1, -0.05) is 6.07 Å². The molecule has 0 radical (unpaired) electrons. The first-order valence-electron chi connectivity index (χ1n) is 8.75. The molecular formula is C19H22N2O4. The molecule has 2 aromatic heterocycles. The van der Waals surface area contributed by atoms with Crippen molar-refractivity contribution in [3.63, 3.8) is 0 Å². The van der Waals surface area contributed by atoms with Gasteiger partial charge in [-0.05, 0) is 37.5 Å². The quantitative estimate of drug-likeness (QED) is 0.855. The number of carbonyl (C=O) groups excluding carboxylic acids is 1. The average Bonchev–Trinajstić information content (AvgIpc) is 3.21. The first kappa shape index (κ1) is 16.1. The highest BCUT2D eigenvalue weighted by molar-refractivity contribution is 5.91. The lowest BCUT2D eigenvalue weighted by Gasteiger charge is -2.49. The van der Waals surface area contributed by atoms with Crippen molar-refractivity contribution in [1.29, 1.82) is 0 Å². The highest BCUT2D eigenvalue weighted by atomic mass is 16.5. The van der Waals surface area contributed by atoms with Gasteiger partial charge in [0.2, 0.25) is 5.88 Å². The van der Waals surface area contributed by atoms with E-state index in [2.05, 4.69) is 4.98 Å². The summed E-state index contributed by atoms with van der Waals surface area (Å²) in [5.41, 5.74) is -0.198. The second kappa shape index (κ2) is 6.88. The van der Waals surface area contributed by atoms with E-state index in [0.29, 0.717) is 31.3 Å². The fraction of sp³-hybridized carbons (Fsp3) is 0.474. The van der Waals surface area contributed by atoms with Crippen molar-refractivity contribution in [2.24, 2.45) is 5.41 Å². The van der Waals surface area contributed by atoms with Crippen LogP contribution in [0.3, 0.4) is 0 Å². The molecule has 2 saturated heterocycles. The third-order valence-corrected chi connectivity index (χ3v) is 5.15. The molecule has 0 saturated carbocycles. The topological polar surface area (TPSA) is 64.8 Å². The molecule has 0 aromatic carbocycles. The summed E-state index contributed by atoms with van der Waals surface area (Å²) in [6.07, 6.45) is 6.14. The minimum absolute atomic E-state index is 0.0637. The Morgan fingerprint density at radius 2 is 2.32 bits per heavy atom. The molecular weight excluding hydrogens is 320 g/mol. The Labute approximate surface area is 146 Å². The molecule has 2 aromatic rings. The van der Waals surface area contributed by atoms with Crippen LogP contribution < -0.4 is 4.74 Å². The van der Waals surface area contributed by atoms with Crippen LogP contribution in [0, 0.1) is 5.41 Å². The Kier molecular flexibility index (Phi) is 4.44. The van der Waals surface area contributed by atoms with E-state index in [-0.39, 0.29) is 17.4 Å². The maximum absolute atomic E-state index is 12.7. The molecule has 4 rings (SSSR count). The largest absolute Gasteiger partial charge is 0.477 e. The van der Waals surface area contributed by atoms with E-state index in [0.717, 1.165) is 25.9 Å². The van der Waals surface area contributed by atoms with Crippen LogP contribution in [-0.4, -0.2) is 48.2 Å². The number of furan rings is 1. The van der Waals surface area contributed by atoms with Crippen LogP contribution in [0.4, 0.5) is 0 Å². The van der Waals surface area contributed by atoms with Gasteiger partial charge in [0.15, 0.2) is 5.76 Å². The summed E-state index contributed by atoms with van der Waals surface area (Å²) in [5.74, 6) is 0.929. The molecule has 0 aliphatic carbocycles. The van der Waals surface area contributed by atoms with Gasteiger partial charge in [0.05, 0.1) is 19.0 Å². The molecule has 2 fully saturated rings. The first-order chi connectivity index (χ1) is 12.3. The predicted molar refractivity (Wildman–Crippen MR) is 90.4 cm³/mol. The lowest BCUT2D eigenvalue weighted by molar-refractivity contribution is -0.133. The number of carbonyl (C=O) groups is 1. The SMILES string of the molecule is O=C(c1ccco1)N1CC[C@@H]2OCCC[C@]2(COc2ccccn2)C1. The van der Waals surface area contributed by atoms with Crippen LogP contribution in [0.1, 0.15) is 29.8 Å². The van der Waals surface area contributed by atoms with Crippen LogP contribution in [0.2, 0.25) is 0 Å². The standard InChI is InChI=1S/C19H22N2O4/c22-18(15-5-3-11-23-15)21-10-7-16-19(13-21,8-4-12-24-16)14-25-17-6-1-2-9-20-17/h1-3,5-6,9,11,16H,4,7-8,10,12-14H2/t16-,19+/m0/s1. The Hall–Kier alpha value is -2.34. The van der Waals surface area contributed by atoms with Crippen LogP contribution in [-0.2, 0) is 4.74 Å². The number of rotatable bonds is 4. The van der Waals surface area contributed by atoms with Crippen LogP contribution in [0.15, 0.2) is 47.2 Å². The number of hydrogen-bond acceptors (Lipinski definition) is 5. The van der Waals surface area contributed by atoms with Crippen molar-refractivity contribution in [2.45, 2.75) is 25.4 Å². The zero-order valence-corrected chi connectivity index (χ0v) is 14.1. The van der Waals surface area contributed by atoms with Crippen molar-refractivity contribution in [1.82, 2.24) is 9.88 Å². The third-order valence-electron chi connectivity index (χ3n) is 5.15. The average molecular weight is 342 g/mol. The van der Waals surface area contributed by atoms with Gasteiger partial charge in [0.1, 0.15) is 0 Å². The van der Waals surface area contributed by atoms with Crippen LogP contribution in [0.25, 0.3) is 0 Å². The Morgan fingerprint density at radius 3 is 3.12 bits per heavy atom. The van der Waals surface area contributed by atoms with E-state index in [1.54, 1.807) is 18.3 Å². The summed E-state index contributed by atoms with van der Waals surface area (Å²) in [5, 5.41) is 0. The normalized spacial score (nSPS) is 26.1. The van der Waals surface area contributed by atoms with E-state index >= 15 is 0 Å². The van der Waals surface area contributed by atoms with Gasteiger partial charge in [-0.3, -0.25) is 4.79 Å². The minimum atomic E-state index is -0.198. The summed E-state index contributed by atoms with van der Waals surface area (Å²) >= 11 is 0. The van der Waals surface area contributed by atoms with E-state index in [1.165, 1.54) is 6.26 Å². The van der Waals surface area contributed by atoms with Crippen LogP contribution >= 0.6 is 0 Å². The number of aromatic nitrogens is 1. The molecule has 25 heavy (non-hydrogen) atoms. The zero-order chi connectivity index (χ0) is 17.1. The number of nitrogens with zero attached hydrogens (tertiary/aromatic N) is 2. The first-order valence-corrected chi connectivity index (χ1v) is 8.75. The number of pyridine rings is 1. The maximum atomic E-state index is 12.7. The zero-order valence-electron chi connectivity index (χ0n) is 14.1. The third kappa shape index (κ3) is 3.26. The molecule has 4 heterocycles. The van der Waals surface area contributed by atoms with Gasteiger partial charge in [-0.2, -0.15) is 0 Å². The Bertz CT molecular complexity index is 703. The van der Waals surface area contributed by atoms with Crippen molar-refractivity contribution in [3.8, 4) is 5.88 Å². The van der Waals surface area contributed by atoms with Gasteiger partial charge in [0.25, 0.3) is 5.91 Å². The van der Waals surface area contributed by atoms with E-state index < -0.39 is 0 Å². The molecule has 2 aliphatic heterocycles.